The number of imide groups is 2. The Kier molecular flexibility index (Phi) is 2.53. The number of rotatable bonds is 1. The Morgan fingerprint density at radius 2 is 1.95 bits per heavy atom. The van der Waals surface area contributed by atoms with E-state index in [0.717, 1.165) is 10.5 Å². The largest absolute Gasteiger partial charge is 0.335 e. The number of amides is 4. The first-order chi connectivity index (χ1) is 8.95. The smallest absolute Gasteiger partial charge is 0.276 e. The molecule has 1 N–H and O–H groups in total. The molecule has 1 saturated carbocycles. The molecule has 4 amide bonds. The van der Waals surface area contributed by atoms with Gasteiger partial charge in [0.1, 0.15) is 5.41 Å². The van der Waals surface area contributed by atoms with Crippen molar-refractivity contribution in [3.05, 3.63) is 28.2 Å². The van der Waals surface area contributed by atoms with E-state index in [1.54, 1.807) is 12.1 Å². The van der Waals surface area contributed by atoms with Crippen LogP contribution in [0.25, 0.3) is 0 Å². The molecule has 1 aromatic carbocycles. The van der Waals surface area contributed by atoms with E-state index in [2.05, 4.69) is 21.2 Å². The van der Waals surface area contributed by atoms with E-state index in [9.17, 15) is 14.4 Å². The number of nitrogens with zero attached hydrogens (tertiary/aromatic N) is 1. The quantitative estimate of drug-likeness (QED) is 0.805. The molecular formula is C13H11BrN2O3. The molecule has 19 heavy (non-hydrogen) atoms. The summed E-state index contributed by atoms with van der Waals surface area (Å²) in [6.45, 7) is 1.88. The third-order valence-corrected chi connectivity index (χ3v) is 4.23. The van der Waals surface area contributed by atoms with Gasteiger partial charge < -0.3 is 0 Å². The second kappa shape index (κ2) is 3.90. The molecule has 2 aliphatic rings. The molecule has 0 radical (unpaired) electrons. The van der Waals surface area contributed by atoms with E-state index < -0.39 is 23.3 Å². The molecule has 0 bridgehead atoms. The van der Waals surface area contributed by atoms with Gasteiger partial charge in [0.05, 0.1) is 5.69 Å². The van der Waals surface area contributed by atoms with Crippen LogP contribution < -0.4 is 10.2 Å². The Bertz CT molecular complexity index is 622. The average molecular weight is 323 g/mol. The Labute approximate surface area is 118 Å². The van der Waals surface area contributed by atoms with Crippen molar-refractivity contribution < 1.29 is 14.4 Å². The van der Waals surface area contributed by atoms with Crippen LogP contribution in [-0.2, 0) is 9.59 Å². The molecule has 0 atom stereocenters. The average Bonchev–Trinajstić information content (AvgIpc) is 3.13. The van der Waals surface area contributed by atoms with Crippen molar-refractivity contribution in [1.29, 1.82) is 0 Å². The van der Waals surface area contributed by atoms with Gasteiger partial charge in [-0.2, -0.15) is 0 Å². The fourth-order valence-corrected chi connectivity index (χ4v) is 2.68. The van der Waals surface area contributed by atoms with Crippen LogP contribution in [0, 0.1) is 12.3 Å². The highest BCUT2D eigenvalue weighted by atomic mass is 79.9. The van der Waals surface area contributed by atoms with E-state index in [0.29, 0.717) is 23.0 Å². The first-order valence-electron chi connectivity index (χ1n) is 5.92. The van der Waals surface area contributed by atoms with Gasteiger partial charge in [-0.3, -0.25) is 14.9 Å². The number of aryl methyl sites for hydroxylation is 1. The molecule has 1 spiro atoms. The van der Waals surface area contributed by atoms with Gasteiger partial charge in [-0.1, -0.05) is 6.07 Å². The highest BCUT2D eigenvalue weighted by molar-refractivity contribution is 9.10. The minimum absolute atomic E-state index is 0.424. The van der Waals surface area contributed by atoms with Gasteiger partial charge in [-0.25, -0.2) is 9.69 Å². The van der Waals surface area contributed by atoms with E-state index in [1.165, 1.54) is 0 Å². The zero-order valence-electron chi connectivity index (χ0n) is 10.2. The van der Waals surface area contributed by atoms with E-state index >= 15 is 0 Å². The second-order valence-electron chi connectivity index (χ2n) is 4.94. The van der Waals surface area contributed by atoms with Crippen molar-refractivity contribution in [3.8, 4) is 0 Å². The highest BCUT2D eigenvalue weighted by Crippen LogP contribution is 2.50. The van der Waals surface area contributed by atoms with Crippen LogP contribution in [0.1, 0.15) is 18.4 Å². The molecule has 1 saturated heterocycles. The summed E-state index contributed by atoms with van der Waals surface area (Å²) >= 11 is 3.34. The number of benzene rings is 1. The van der Waals surface area contributed by atoms with Gasteiger partial charge in [0.2, 0.25) is 5.91 Å². The van der Waals surface area contributed by atoms with Crippen LogP contribution in [0.4, 0.5) is 10.5 Å². The number of nitrogens with one attached hydrogen (secondary N) is 1. The Morgan fingerprint density at radius 3 is 2.58 bits per heavy atom. The molecule has 3 rings (SSSR count). The Balaban J connectivity index is 2.08. The maximum Gasteiger partial charge on any atom is 0.335 e. The van der Waals surface area contributed by atoms with Crippen molar-refractivity contribution in [2.45, 2.75) is 19.8 Å². The monoisotopic (exact) mass is 322 g/mol. The first kappa shape index (κ1) is 12.3. The fraction of sp³-hybridized carbons (Fsp3) is 0.308. The van der Waals surface area contributed by atoms with Gasteiger partial charge >= 0.3 is 6.03 Å². The molecule has 5 nitrogen and oxygen atoms in total. The van der Waals surface area contributed by atoms with Crippen molar-refractivity contribution >= 4 is 39.5 Å². The summed E-state index contributed by atoms with van der Waals surface area (Å²) in [5.41, 5.74) is 0.388. The van der Waals surface area contributed by atoms with Crippen LogP contribution in [0.5, 0.6) is 0 Å². The molecule has 6 heteroatoms. The molecular weight excluding hydrogens is 312 g/mol. The zero-order chi connectivity index (χ0) is 13.8. The molecule has 1 aliphatic heterocycles. The molecule has 1 aliphatic carbocycles. The molecule has 98 valence electrons. The maximum atomic E-state index is 12.4. The summed E-state index contributed by atoms with van der Waals surface area (Å²) in [7, 11) is 0. The number of carbonyl (C=O) groups is 3. The summed E-state index contributed by atoms with van der Waals surface area (Å²) < 4.78 is 0.645. The number of halogens is 1. The zero-order valence-corrected chi connectivity index (χ0v) is 11.8. The van der Waals surface area contributed by atoms with Crippen LogP contribution >= 0.6 is 15.9 Å². The van der Waals surface area contributed by atoms with E-state index in [-0.39, 0.29) is 0 Å². The Morgan fingerprint density at radius 1 is 1.26 bits per heavy atom. The summed E-state index contributed by atoms with van der Waals surface area (Å²) in [4.78, 5) is 37.2. The number of hydrogen-bond donors (Lipinski definition) is 1. The lowest BCUT2D eigenvalue weighted by Crippen LogP contribution is -2.59. The van der Waals surface area contributed by atoms with Gasteiger partial charge in [-0.05, 0) is 53.4 Å². The molecule has 0 aromatic heterocycles. The number of barbiturate groups is 1. The minimum atomic E-state index is -1.02. The first-order valence-corrected chi connectivity index (χ1v) is 6.71. The van der Waals surface area contributed by atoms with Gasteiger partial charge in [0.25, 0.3) is 5.91 Å². The van der Waals surface area contributed by atoms with Crippen molar-refractivity contribution in [3.63, 3.8) is 0 Å². The number of anilines is 1. The van der Waals surface area contributed by atoms with Crippen LogP contribution in [0.2, 0.25) is 0 Å². The molecule has 1 heterocycles. The van der Waals surface area contributed by atoms with Crippen LogP contribution in [-0.4, -0.2) is 17.8 Å². The normalized spacial score (nSPS) is 20.7. The lowest BCUT2D eigenvalue weighted by Gasteiger charge is -2.30. The van der Waals surface area contributed by atoms with Crippen LogP contribution in [0.15, 0.2) is 22.7 Å². The van der Waals surface area contributed by atoms with Crippen LogP contribution in [0.3, 0.4) is 0 Å². The SMILES string of the molecule is Cc1ccc(Br)c(N2C(=O)NC(=O)C3(CC3)C2=O)c1. The summed E-state index contributed by atoms with van der Waals surface area (Å²) in [6.07, 6.45) is 1.01. The third-order valence-electron chi connectivity index (χ3n) is 3.56. The standard InChI is InChI=1S/C13H11BrN2O3/c1-7-2-3-8(14)9(6-7)16-11(18)13(4-5-13)10(17)15-12(16)19/h2-3,6H,4-5H2,1H3,(H,15,17,19). The van der Waals surface area contributed by atoms with E-state index in [4.69, 9.17) is 0 Å². The highest BCUT2D eigenvalue weighted by Gasteiger charge is 2.62. The predicted octanol–water partition coefficient (Wildman–Crippen LogP) is 2.12. The summed E-state index contributed by atoms with van der Waals surface area (Å²) in [5, 5.41) is 2.26. The third kappa shape index (κ3) is 1.70. The van der Waals surface area contributed by atoms with Gasteiger partial charge in [-0.15, -0.1) is 0 Å². The number of urea groups is 1. The van der Waals surface area contributed by atoms with Gasteiger partial charge in [0, 0.05) is 4.47 Å². The summed E-state index contributed by atoms with van der Waals surface area (Å²) in [5.74, 6) is -0.893. The number of hydrogen-bond acceptors (Lipinski definition) is 3. The minimum Gasteiger partial charge on any atom is -0.276 e. The lowest BCUT2D eigenvalue weighted by molar-refractivity contribution is -0.136. The van der Waals surface area contributed by atoms with E-state index in [1.807, 2.05) is 13.0 Å². The molecule has 1 aromatic rings. The predicted molar refractivity (Wildman–Crippen MR) is 71.6 cm³/mol. The van der Waals surface area contributed by atoms with Gasteiger partial charge in [0.15, 0.2) is 0 Å². The topological polar surface area (TPSA) is 66.5 Å². The number of carbonyl (C=O) groups excluding carboxylic acids is 3. The second-order valence-corrected chi connectivity index (χ2v) is 5.79. The summed E-state index contributed by atoms with van der Waals surface area (Å²) in [6, 6.07) is 4.71. The molecule has 2 fully saturated rings. The van der Waals surface area contributed by atoms with Crippen molar-refractivity contribution in [1.82, 2.24) is 5.32 Å². The van der Waals surface area contributed by atoms with Crippen molar-refractivity contribution in [2.75, 3.05) is 4.90 Å². The lowest BCUT2D eigenvalue weighted by atomic mass is 10.0. The Hall–Kier alpha value is -1.69. The fourth-order valence-electron chi connectivity index (χ4n) is 2.25. The molecule has 0 unspecified atom stereocenters. The maximum absolute atomic E-state index is 12.4. The van der Waals surface area contributed by atoms with Crippen molar-refractivity contribution in [2.24, 2.45) is 5.41 Å².